The van der Waals surface area contributed by atoms with Crippen molar-refractivity contribution >= 4 is 23.2 Å². The maximum atomic E-state index is 12.1. The van der Waals surface area contributed by atoms with Gasteiger partial charge < -0.3 is 11.1 Å². The average Bonchev–Trinajstić information content (AvgIpc) is 3.28. The smallest absolute Gasteiger partial charge is 0.234 e. The highest BCUT2D eigenvalue weighted by Gasteiger charge is 2.35. The second kappa shape index (κ2) is 7.97. The second-order valence-corrected chi connectivity index (χ2v) is 7.43. The van der Waals surface area contributed by atoms with Crippen molar-refractivity contribution in [3.05, 3.63) is 41.0 Å². The summed E-state index contributed by atoms with van der Waals surface area (Å²) in [5.41, 5.74) is 10.6. The monoisotopic (exact) mass is 372 g/mol. The molecule has 138 valence electrons. The first-order chi connectivity index (χ1) is 12.5. The Morgan fingerprint density at radius 1 is 1.38 bits per heavy atom. The van der Waals surface area contributed by atoms with E-state index in [4.69, 9.17) is 5.73 Å². The minimum atomic E-state index is -0.318. The third kappa shape index (κ3) is 3.78. The number of nitrogens with two attached hydrogens (primary N) is 1. The van der Waals surface area contributed by atoms with E-state index in [1.54, 1.807) is 18.4 Å². The van der Waals surface area contributed by atoms with Crippen LogP contribution in [-0.2, 0) is 9.59 Å². The molecule has 2 heterocycles. The largest absolute Gasteiger partial charge is 0.368 e. The summed E-state index contributed by atoms with van der Waals surface area (Å²) in [6.07, 6.45) is 1.97. The Kier molecular flexibility index (Phi) is 5.68. The molecule has 7 heteroatoms. The van der Waals surface area contributed by atoms with Gasteiger partial charge in [-0.3, -0.25) is 14.5 Å². The first kappa shape index (κ1) is 18.5. The van der Waals surface area contributed by atoms with Crippen LogP contribution >= 0.6 is 11.3 Å². The van der Waals surface area contributed by atoms with Gasteiger partial charge in [0.15, 0.2) is 0 Å². The molecule has 3 N–H and O–H groups in total. The van der Waals surface area contributed by atoms with E-state index in [1.807, 2.05) is 24.6 Å². The van der Waals surface area contributed by atoms with E-state index < -0.39 is 0 Å². The van der Waals surface area contributed by atoms with Crippen LogP contribution in [0.15, 0.2) is 29.8 Å². The van der Waals surface area contributed by atoms with Crippen LogP contribution in [0.4, 0.5) is 0 Å². The van der Waals surface area contributed by atoms with Crippen LogP contribution in [0.5, 0.6) is 0 Å². The fourth-order valence-corrected chi connectivity index (χ4v) is 4.42. The van der Waals surface area contributed by atoms with Crippen LogP contribution in [0.2, 0.25) is 0 Å². The van der Waals surface area contributed by atoms with E-state index >= 15 is 0 Å². The first-order valence-electron chi connectivity index (χ1n) is 8.77. The number of likely N-dealkylation sites (tertiary alicyclic amines) is 1. The molecular weight excluding hydrogens is 348 g/mol. The molecule has 1 saturated heterocycles. The van der Waals surface area contributed by atoms with Crippen LogP contribution in [0.1, 0.15) is 36.6 Å². The highest BCUT2D eigenvalue weighted by atomic mass is 32.1. The maximum Gasteiger partial charge on any atom is 0.234 e. The summed E-state index contributed by atoms with van der Waals surface area (Å²) in [7, 11) is 1.63. The second-order valence-electron chi connectivity index (χ2n) is 6.58. The summed E-state index contributed by atoms with van der Waals surface area (Å²) in [6, 6.07) is 7.72. The van der Waals surface area contributed by atoms with Gasteiger partial charge in [0.05, 0.1) is 22.1 Å². The van der Waals surface area contributed by atoms with E-state index in [-0.39, 0.29) is 23.9 Å². The molecule has 0 saturated carbocycles. The number of primary amides is 1. The third-order valence-electron chi connectivity index (χ3n) is 4.98. The van der Waals surface area contributed by atoms with Crippen LogP contribution in [0, 0.1) is 6.92 Å². The first-order valence-corrected chi connectivity index (χ1v) is 9.65. The Bertz CT molecular complexity index is 787. The van der Waals surface area contributed by atoms with Crippen molar-refractivity contribution in [3.8, 4) is 10.4 Å². The maximum absolute atomic E-state index is 12.1. The number of hydrogen-bond acceptors (Lipinski definition) is 5. The minimum absolute atomic E-state index is 0.0486. The number of amides is 2. The van der Waals surface area contributed by atoms with Gasteiger partial charge in [0.25, 0.3) is 0 Å². The fraction of sp³-hybridized carbons (Fsp3) is 0.421. The van der Waals surface area contributed by atoms with Gasteiger partial charge in [-0.2, -0.15) is 0 Å². The summed E-state index contributed by atoms with van der Waals surface area (Å²) in [5.74, 6) is -0.367. The number of thiazole rings is 1. The number of aromatic nitrogens is 1. The van der Waals surface area contributed by atoms with Crippen LogP contribution in [0.25, 0.3) is 10.4 Å². The highest BCUT2D eigenvalue weighted by Crippen LogP contribution is 2.34. The van der Waals surface area contributed by atoms with E-state index in [0.717, 1.165) is 41.1 Å². The molecule has 0 spiro atoms. The molecule has 6 nitrogen and oxygen atoms in total. The number of aryl methyl sites for hydroxylation is 1. The van der Waals surface area contributed by atoms with Crippen molar-refractivity contribution in [2.24, 2.45) is 5.73 Å². The van der Waals surface area contributed by atoms with Crippen molar-refractivity contribution < 1.29 is 9.59 Å². The summed E-state index contributed by atoms with van der Waals surface area (Å²) in [6.45, 7) is 2.76. The average molecular weight is 372 g/mol. The van der Waals surface area contributed by atoms with E-state index in [0.29, 0.717) is 6.42 Å². The Balaban J connectivity index is 1.90. The topological polar surface area (TPSA) is 88.3 Å². The van der Waals surface area contributed by atoms with E-state index in [9.17, 15) is 9.59 Å². The molecule has 2 aromatic rings. The van der Waals surface area contributed by atoms with Crippen LogP contribution in [0.3, 0.4) is 0 Å². The number of nitrogens with zero attached hydrogens (tertiary/aromatic N) is 2. The van der Waals surface area contributed by atoms with Crippen molar-refractivity contribution in [2.75, 3.05) is 13.6 Å². The van der Waals surface area contributed by atoms with E-state index in [1.165, 1.54) is 0 Å². The number of hydrogen-bond donors (Lipinski definition) is 2. The fourth-order valence-electron chi connectivity index (χ4n) is 3.61. The predicted molar refractivity (Wildman–Crippen MR) is 103 cm³/mol. The molecule has 1 aromatic heterocycles. The van der Waals surface area contributed by atoms with Gasteiger partial charge in [-0.05, 0) is 37.4 Å². The molecule has 1 aliphatic heterocycles. The lowest BCUT2D eigenvalue weighted by molar-refractivity contribution is -0.126. The lowest BCUT2D eigenvalue weighted by Crippen LogP contribution is -2.43. The van der Waals surface area contributed by atoms with Gasteiger partial charge in [0.2, 0.25) is 11.8 Å². The summed E-state index contributed by atoms with van der Waals surface area (Å²) < 4.78 is 0. The minimum Gasteiger partial charge on any atom is -0.368 e. The zero-order valence-corrected chi connectivity index (χ0v) is 15.9. The molecule has 26 heavy (non-hydrogen) atoms. The molecule has 1 aromatic carbocycles. The van der Waals surface area contributed by atoms with Gasteiger partial charge in [0, 0.05) is 19.5 Å². The molecule has 0 bridgehead atoms. The number of carbonyl (C=O) groups is 2. The summed E-state index contributed by atoms with van der Waals surface area (Å²) in [4.78, 5) is 31.4. The van der Waals surface area contributed by atoms with E-state index in [2.05, 4.69) is 27.3 Å². The Morgan fingerprint density at radius 2 is 2.12 bits per heavy atom. The molecule has 1 fully saturated rings. The van der Waals surface area contributed by atoms with Gasteiger partial charge >= 0.3 is 0 Å². The normalized spacial score (nSPS) is 18.6. The van der Waals surface area contributed by atoms with Crippen molar-refractivity contribution in [1.82, 2.24) is 15.2 Å². The van der Waals surface area contributed by atoms with Gasteiger partial charge in [-0.25, -0.2) is 4.98 Å². The van der Waals surface area contributed by atoms with Crippen molar-refractivity contribution in [3.63, 3.8) is 0 Å². The van der Waals surface area contributed by atoms with Gasteiger partial charge in [-0.15, -0.1) is 11.3 Å². The summed E-state index contributed by atoms with van der Waals surface area (Å²) in [5, 5.41) is 2.69. The Labute approximate surface area is 157 Å². The van der Waals surface area contributed by atoms with Crippen molar-refractivity contribution in [2.45, 2.75) is 38.3 Å². The molecule has 0 aliphatic carbocycles. The Hall–Kier alpha value is -2.25. The number of nitrogens with one attached hydrogen (secondary N) is 1. The molecule has 1 unspecified atom stereocenters. The SMILES string of the molecule is CNC(=O)C[C@H](c1ccc(-c2scnc2C)cc1)N1CCCC1C(N)=O. The van der Waals surface area contributed by atoms with Gasteiger partial charge in [0.1, 0.15) is 0 Å². The number of carbonyl (C=O) groups excluding carboxylic acids is 2. The molecule has 2 amide bonds. The predicted octanol–water partition coefficient (Wildman–Crippen LogP) is 2.25. The molecule has 0 radical (unpaired) electrons. The van der Waals surface area contributed by atoms with Crippen LogP contribution < -0.4 is 11.1 Å². The van der Waals surface area contributed by atoms with Gasteiger partial charge in [-0.1, -0.05) is 24.3 Å². The highest BCUT2D eigenvalue weighted by molar-refractivity contribution is 7.13. The number of benzene rings is 1. The molecule has 1 aliphatic rings. The lowest BCUT2D eigenvalue weighted by Gasteiger charge is -2.31. The van der Waals surface area contributed by atoms with Crippen molar-refractivity contribution in [1.29, 1.82) is 0 Å². The summed E-state index contributed by atoms with van der Waals surface area (Å²) >= 11 is 1.61. The third-order valence-corrected chi connectivity index (χ3v) is 5.96. The Morgan fingerprint density at radius 3 is 2.69 bits per heavy atom. The molecular formula is C19H24N4O2S. The van der Waals surface area contributed by atoms with Crippen LogP contribution in [-0.4, -0.2) is 41.3 Å². The number of rotatable bonds is 6. The molecule has 2 atom stereocenters. The molecule has 3 rings (SSSR count). The zero-order chi connectivity index (χ0) is 18.7. The quantitative estimate of drug-likeness (QED) is 0.814. The zero-order valence-electron chi connectivity index (χ0n) is 15.1. The standard InChI is InChI=1S/C19H24N4O2S/c1-12-18(26-11-22-12)14-7-5-13(6-8-14)16(10-17(24)21-2)23-9-3-4-15(23)19(20)25/h5-8,11,15-16H,3-4,9-10H2,1-2H3,(H2,20,25)(H,21,24)/t15?,16-/m1/s1. The lowest BCUT2D eigenvalue weighted by atomic mass is 9.98.